The number of carbonyl (C=O) groups excluding carboxylic acids is 1. The minimum absolute atomic E-state index is 0.438. The number of rotatable bonds is 2. The van der Waals surface area contributed by atoms with Crippen molar-refractivity contribution in [3.8, 4) is 0 Å². The molecule has 0 radical (unpaired) electrons. The molecule has 0 unspecified atom stereocenters. The summed E-state index contributed by atoms with van der Waals surface area (Å²) in [7, 11) is 0. The van der Waals surface area contributed by atoms with Crippen LogP contribution >= 0.6 is 0 Å². The van der Waals surface area contributed by atoms with Gasteiger partial charge >= 0.3 is 0 Å². The second-order valence-corrected chi connectivity index (χ2v) is 4.19. The normalized spacial score (nSPS) is 16.8. The molecule has 1 aliphatic carbocycles. The van der Waals surface area contributed by atoms with Gasteiger partial charge in [0.25, 0.3) is 5.91 Å². The Morgan fingerprint density at radius 3 is 2.53 bits per heavy atom. The van der Waals surface area contributed by atoms with Gasteiger partial charge in [-0.25, -0.2) is 0 Å². The molecule has 1 fully saturated rings. The van der Waals surface area contributed by atoms with Crippen molar-refractivity contribution >= 4 is 11.6 Å². The van der Waals surface area contributed by atoms with Crippen LogP contribution in [-0.4, -0.2) is 5.91 Å². The van der Waals surface area contributed by atoms with E-state index in [4.69, 9.17) is 11.5 Å². The van der Waals surface area contributed by atoms with Gasteiger partial charge in [-0.2, -0.15) is 0 Å². The SMILES string of the molecule is NC(=O)c1cc(C2CCCC2)ccc1N. The predicted molar refractivity (Wildman–Crippen MR) is 60.6 cm³/mol. The van der Waals surface area contributed by atoms with Crippen molar-refractivity contribution in [2.75, 3.05) is 5.73 Å². The molecule has 3 nitrogen and oxygen atoms in total. The van der Waals surface area contributed by atoms with Crippen LogP contribution in [0.2, 0.25) is 0 Å². The second kappa shape index (κ2) is 3.93. The van der Waals surface area contributed by atoms with Gasteiger partial charge in [-0.3, -0.25) is 4.79 Å². The third kappa shape index (κ3) is 1.96. The molecule has 1 aromatic carbocycles. The van der Waals surface area contributed by atoms with Crippen LogP contribution in [0.15, 0.2) is 18.2 Å². The van der Waals surface area contributed by atoms with Gasteiger partial charge in [-0.15, -0.1) is 0 Å². The molecule has 80 valence electrons. The van der Waals surface area contributed by atoms with Gasteiger partial charge in [-0.05, 0) is 36.5 Å². The highest BCUT2D eigenvalue weighted by Gasteiger charge is 2.18. The molecule has 0 bridgehead atoms. The number of nitrogens with two attached hydrogens (primary N) is 2. The largest absolute Gasteiger partial charge is 0.398 e. The average molecular weight is 204 g/mol. The third-order valence-electron chi connectivity index (χ3n) is 3.17. The van der Waals surface area contributed by atoms with Crippen molar-refractivity contribution in [2.45, 2.75) is 31.6 Å². The Kier molecular flexibility index (Phi) is 2.62. The molecule has 2 rings (SSSR count). The summed E-state index contributed by atoms with van der Waals surface area (Å²) in [5, 5.41) is 0. The lowest BCUT2D eigenvalue weighted by Crippen LogP contribution is -2.14. The Balaban J connectivity index is 2.33. The van der Waals surface area contributed by atoms with Crippen molar-refractivity contribution in [1.82, 2.24) is 0 Å². The Morgan fingerprint density at radius 1 is 1.27 bits per heavy atom. The van der Waals surface area contributed by atoms with E-state index >= 15 is 0 Å². The number of carbonyl (C=O) groups is 1. The highest BCUT2D eigenvalue weighted by Crippen LogP contribution is 2.34. The van der Waals surface area contributed by atoms with E-state index in [1.165, 1.54) is 31.2 Å². The van der Waals surface area contributed by atoms with E-state index in [9.17, 15) is 4.79 Å². The van der Waals surface area contributed by atoms with E-state index in [1.54, 1.807) is 6.07 Å². The Hall–Kier alpha value is -1.51. The third-order valence-corrected chi connectivity index (χ3v) is 3.17. The number of nitrogen functional groups attached to an aromatic ring is 1. The maximum absolute atomic E-state index is 11.1. The number of anilines is 1. The van der Waals surface area contributed by atoms with E-state index in [0.717, 1.165) is 0 Å². The molecule has 0 heterocycles. The summed E-state index contributed by atoms with van der Waals surface area (Å²) in [4.78, 5) is 11.1. The quantitative estimate of drug-likeness (QED) is 0.723. The Labute approximate surface area is 89.5 Å². The maximum atomic E-state index is 11.1. The molecule has 0 aliphatic heterocycles. The monoisotopic (exact) mass is 204 g/mol. The molecule has 1 aromatic rings. The van der Waals surface area contributed by atoms with Crippen LogP contribution in [0.1, 0.15) is 47.5 Å². The van der Waals surface area contributed by atoms with Crippen molar-refractivity contribution in [1.29, 1.82) is 0 Å². The van der Waals surface area contributed by atoms with E-state index in [1.807, 2.05) is 12.1 Å². The van der Waals surface area contributed by atoms with Crippen LogP contribution < -0.4 is 11.5 Å². The fourth-order valence-corrected chi connectivity index (χ4v) is 2.30. The highest BCUT2D eigenvalue weighted by atomic mass is 16.1. The summed E-state index contributed by atoms with van der Waals surface area (Å²) >= 11 is 0. The molecule has 4 N–H and O–H groups in total. The fraction of sp³-hybridized carbons (Fsp3) is 0.417. The van der Waals surface area contributed by atoms with Gasteiger partial charge in [0.15, 0.2) is 0 Å². The molecular weight excluding hydrogens is 188 g/mol. The van der Waals surface area contributed by atoms with Crippen LogP contribution in [0.3, 0.4) is 0 Å². The Bertz CT molecular complexity index is 381. The molecule has 1 amide bonds. The van der Waals surface area contributed by atoms with Crippen molar-refractivity contribution in [2.24, 2.45) is 5.73 Å². The minimum Gasteiger partial charge on any atom is -0.398 e. The first-order valence-electron chi connectivity index (χ1n) is 5.37. The highest BCUT2D eigenvalue weighted by molar-refractivity contribution is 5.98. The topological polar surface area (TPSA) is 69.1 Å². The zero-order valence-corrected chi connectivity index (χ0v) is 8.70. The van der Waals surface area contributed by atoms with Gasteiger partial charge in [0.1, 0.15) is 0 Å². The molecule has 1 aliphatic rings. The molecule has 3 heteroatoms. The first kappa shape index (κ1) is 10.0. The molecule has 0 saturated heterocycles. The van der Waals surface area contributed by atoms with Crippen molar-refractivity contribution in [3.05, 3.63) is 29.3 Å². The maximum Gasteiger partial charge on any atom is 0.250 e. The molecular formula is C12H16N2O. The van der Waals surface area contributed by atoms with Crippen LogP contribution in [0, 0.1) is 0 Å². The summed E-state index contributed by atoms with van der Waals surface area (Å²) in [6.07, 6.45) is 4.98. The number of benzene rings is 1. The Morgan fingerprint density at radius 2 is 1.93 bits per heavy atom. The fourth-order valence-electron chi connectivity index (χ4n) is 2.30. The van der Waals surface area contributed by atoms with E-state index in [2.05, 4.69) is 0 Å². The van der Waals surface area contributed by atoms with E-state index in [-0.39, 0.29) is 0 Å². The van der Waals surface area contributed by atoms with Crippen LogP contribution in [-0.2, 0) is 0 Å². The van der Waals surface area contributed by atoms with Gasteiger partial charge < -0.3 is 11.5 Å². The summed E-state index contributed by atoms with van der Waals surface area (Å²) in [6.45, 7) is 0. The predicted octanol–water partition coefficient (Wildman–Crippen LogP) is 2.03. The molecule has 0 atom stereocenters. The van der Waals surface area contributed by atoms with Crippen LogP contribution in [0.4, 0.5) is 5.69 Å². The van der Waals surface area contributed by atoms with Crippen LogP contribution in [0.25, 0.3) is 0 Å². The standard InChI is InChI=1S/C12H16N2O/c13-11-6-5-9(7-10(11)12(14)15)8-3-1-2-4-8/h5-8H,1-4,13H2,(H2,14,15). The molecule has 15 heavy (non-hydrogen) atoms. The van der Waals surface area contributed by atoms with Crippen molar-refractivity contribution < 1.29 is 4.79 Å². The zero-order valence-electron chi connectivity index (χ0n) is 8.70. The first-order valence-corrected chi connectivity index (χ1v) is 5.37. The van der Waals surface area contributed by atoms with Gasteiger partial charge in [0.2, 0.25) is 0 Å². The number of amides is 1. The second-order valence-electron chi connectivity index (χ2n) is 4.19. The first-order chi connectivity index (χ1) is 7.18. The lowest BCUT2D eigenvalue weighted by atomic mass is 9.95. The number of hydrogen-bond acceptors (Lipinski definition) is 2. The van der Waals surface area contributed by atoms with Gasteiger partial charge in [0, 0.05) is 5.69 Å². The summed E-state index contributed by atoms with van der Waals surface area (Å²) in [5.74, 6) is 0.149. The lowest BCUT2D eigenvalue weighted by Gasteiger charge is -2.11. The molecule has 1 saturated carbocycles. The molecule has 0 spiro atoms. The summed E-state index contributed by atoms with van der Waals surface area (Å²) in [5.41, 5.74) is 13.1. The van der Waals surface area contributed by atoms with Gasteiger partial charge in [-0.1, -0.05) is 18.9 Å². The molecule has 0 aromatic heterocycles. The van der Waals surface area contributed by atoms with E-state index < -0.39 is 5.91 Å². The number of primary amides is 1. The number of hydrogen-bond donors (Lipinski definition) is 2. The van der Waals surface area contributed by atoms with Crippen LogP contribution in [0.5, 0.6) is 0 Å². The van der Waals surface area contributed by atoms with Gasteiger partial charge in [0.05, 0.1) is 5.56 Å². The van der Waals surface area contributed by atoms with E-state index in [0.29, 0.717) is 17.2 Å². The lowest BCUT2D eigenvalue weighted by molar-refractivity contribution is 0.100. The summed E-state index contributed by atoms with van der Waals surface area (Å²) < 4.78 is 0. The summed E-state index contributed by atoms with van der Waals surface area (Å²) in [6, 6.07) is 5.65. The van der Waals surface area contributed by atoms with Crippen molar-refractivity contribution in [3.63, 3.8) is 0 Å². The zero-order chi connectivity index (χ0) is 10.8. The smallest absolute Gasteiger partial charge is 0.250 e. The minimum atomic E-state index is -0.438. The average Bonchev–Trinajstić information content (AvgIpc) is 2.71.